The highest BCUT2D eigenvalue weighted by Crippen LogP contribution is 2.28. The summed E-state index contributed by atoms with van der Waals surface area (Å²) in [4.78, 5) is 22.2. The molecule has 0 radical (unpaired) electrons. The maximum Gasteiger partial charge on any atom is 0.318 e. The smallest absolute Gasteiger partial charge is 0.318 e. The first-order valence-corrected chi connectivity index (χ1v) is 3.28. The van der Waals surface area contributed by atoms with E-state index in [0.29, 0.717) is 6.07 Å². The van der Waals surface area contributed by atoms with E-state index in [0.717, 1.165) is 0 Å². The molecule has 15 heavy (non-hydrogen) atoms. The number of pyridine rings is 1. The van der Waals surface area contributed by atoms with Crippen LogP contribution in [0.1, 0.15) is 0 Å². The molecule has 0 aliphatic rings. The number of nitrogen functional groups attached to an aromatic ring is 2. The molecular weight excluding hydrogens is 210 g/mol. The number of anilines is 2. The number of nitrogens with zero attached hydrogens (tertiary/aromatic N) is 3. The zero-order valence-electron chi connectivity index (χ0n) is 7.21. The van der Waals surface area contributed by atoms with E-state index in [2.05, 4.69) is 4.98 Å². The number of hydrogen-bond acceptors (Lipinski definition) is 7. The van der Waals surface area contributed by atoms with Crippen LogP contribution in [-0.2, 0) is 0 Å². The Balaban J connectivity index is 0.00000196. The fourth-order valence-electron chi connectivity index (χ4n) is 0.814. The lowest BCUT2D eigenvalue weighted by atomic mass is 10.3. The summed E-state index contributed by atoms with van der Waals surface area (Å²) in [5, 5.41) is 20.7. The number of hydrogen-bond donors (Lipinski definition) is 2. The van der Waals surface area contributed by atoms with Crippen molar-refractivity contribution in [2.75, 3.05) is 11.5 Å². The van der Waals surface area contributed by atoms with Crippen LogP contribution in [-0.4, -0.2) is 20.3 Å². The Hall–Kier alpha value is -2.49. The van der Waals surface area contributed by atoms with Crippen LogP contribution in [0.15, 0.2) is 6.07 Å². The first-order valence-electron chi connectivity index (χ1n) is 3.28. The Labute approximate surface area is 82.1 Å². The monoisotopic (exact) mass is 217 g/mol. The lowest BCUT2D eigenvalue weighted by molar-refractivity contribution is -0.393. The van der Waals surface area contributed by atoms with Crippen LogP contribution in [0.2, 0.25) is 0 Å². The van der Waals surface area contributed by atoms with Crippen molar-refractivity contribution in [3.05, 3.63) is 26.3 Å². The van der Waals surface area contributed by atoms with Gasteiger partial charge < -0.3 is 16.9 Å². The number of aromatic nitrogens is 1. The molecule has 0 aromatic carbocycles. The summed E-state index contributed by atoms with van der Waals surface area (Å²) < 4.78 is 0. The van der Waals surface area contributed by atoms with E-state index in [1.807, 2.05) is 0 Å². The predicted molar refractivity (Wildman–Crippen MR) is 50.0 cm³/mol. The van der Waals surface area contributed by atoms with Crippen molar-refractivity contribution in [3.63, 3.8) is 0 Å². The van der Waals surface area contributed by atoms with Crippen molar-refractivity contribution in [3.8, 4) is 0 Å². The largest absolute Gasteiger partial charge is 0.412 e. The van der Waals surface area contributed by atoms with Crippen LogP contribution in [0.4, 0.5) is 23.0 Å². The van der Waals surface area contributed by atoms with Gasteiger partial charge in [-0.05, 0) is 0 Å². The zero-order valence-corrected chi connectivity index (χ0v) is 7.21. The topological polar surface area (TPSA) is 183 Å². The third-order valence-corrected chi connectivity index (χ3v) is 1.43. The summed E-state index contributed by atoms with van der Waals surface area (Å²) in [7, 11) is 0. The summed E-state index contributed by atoms with van der Waals surface area (Å²) in [6.45, 7) is 0. The normalized spacial score (nSPS) is 9.07. The molecule has 0 aliphatic heterocycles. The van der Waals surface area contributed by atoms with Crippen LogP contribution in [0, 0.1) is 20.2 Å². The van der Waals surface area contributed by atoms with Gasteiger partial charge in [-0.3, -0.25) is 20.2 Å². The van der Waals surface area contributed by atoms with Crippen LogP contribution in [0.25, 0.3) is 0 Å². The van der Waals surface area contributed by atoms with Crippen molar-refractivity contribution in [2.24, 2.45) is 0 Å². The van der Waals surface area contributed by atoms with Gasteiger partial charge >= 0.3 is 11.4 Å². The molecule has 10 heteroatoms. The molecule has 0 fully saturated rings. The highest BCUT2D eigenvalue weighted by atomic mass is 16.6. The number of nitro groups is 2. The maximum absolute atomic E-state index is 10.3. The first-order chi connectivity index (χ1) is 6.43. The highest BCUT2D eigenvalue weighted by Gasteiger charge is 2.22. The molecule has 0 saturated carbocycles. The molecule has 82 valence electrons. The molecule has 1 rings (SSSR count). The average molecular weight is 217 g/mol. The molecule has 1 aromatic rings. The van der Waals surface area contributed by atoms with Gasteiger partial charge in [0.25, 0.3) is 0 Å². The second kappa shape index (κ2) is 4.15. The minimum Gasteiger partial charge on any atom is -0.412 e. The van der Waals surface area contributed by atoms with Gasteiger partial charge in [-0.15, -0.1) is 0 Å². The molecule has 0 atom stereocenters. The van der Waals surface area contributed by atoms with Crippen LogP contribution in [0.3, 0.4) is 0 Å². The molecule has 0 aliphatic carbocycles. The van der Waals surface area contributed by atoms with Crippen LogP contribution < -0.4 is 11.5 Å². The van der Waals surface area contributed by atoms with E-state index in [1.165, 1.54) is 0 Å². The van der Waals surface area contributed by atoms with Gasteiger partial charge in [0.15, 0.2) is 0 Å². The first kappa shape index (κ1) is 12.5. The van der Waals surface area contributed by atoms with Gasteiger partial charge in [-0.1, -0.05) is 0 Å². The van der Waals surface area contributed by atoms with E-state index >= 15 is 0 Å². The minimum atomic E-state index is -0.866. The standard InChI is InChI=1S/C5H5N5O4.H2O/c6-4-2(9(11)12)1-3(10(13)14)5(7)8-4;/h1H,(H4,6,7,8);1H2. The third kappa shape index (κ3) is 2.25. The average Bonchev–Trinajstić information content (AvgIpc) is 2.02. The van der Waals surface area contributed by atoms with Crippen molar-refractivity contribution in [1.29, 1.82) is 0 Å². The summed E-state index contributed by atoms with van der Waals surface area (Å²) in [6.07, 6.45) is 0. The summed E-state index contributed by atoms with van der Waals surface area (Å²) >= 11 is 0. The molecule has 0 saturated heterocycles. The Morgan fingerprint density at radius 3 is 1.67 bits per heavy atom. The Morgan fingerprint density at radius 2 is 1.40 bits per heavy atom. The zero-order chi connectivity index (χ0) is 10.9. The Bertz CT molecular complexity index is 383. The quantitative estimate of drug-likeness (QED) is 0.481. The molecular formula is C5H7N5O5. The van der Waals surface area contributed by atoms with Crippen molar-refractivity contribution < 1.29 is 15.3 Å². The van der Waals surface area contributed by atoms with Gasteiger partial charge in [0.2, 0.25) is 11.6 Å². The lowest BCUT2D eigenvalue weighted by Gasteiger charge is -1.98. The van der Waals surface area contributed by atoms with E-state index in [-0.39, 0.29) is 5.48 Å². The number of nitrogens with two attached hydrogens (primary N) is 2. The van der Waals surface area contributed by atoms with Crippen molar-refractivity contribution in [2.45, 2.75) is 0 Å². The summed E-state index contributed by atoms with van der Waals surface area (Å²) in [5.41, 5.74) is 9.01. The van der Waals surface area contributed by atoms with E-state index < -0.39 is 32.9 Å². The number of rotatable bonds is 2. The van der Waals surface area contributed by atoms with Gasteiger partial charge in [0.1, 0.15) is 6.07 Å². The minimum absolute atomic E-state index is 0. The lowest BCUT2D eigenvalue weighted by Crippen LogP contribution is -2.04. The third-order valence-electron chi connectivity index (χ3n) is 1.43. The Morgan fingerprint density at radius 1 is 1.07 bits per heavy atom. The fourth-order valence-corrected chi connectivity index (χ4v) is 0.814. The second-order valence-corrected chi connectivity index (χ2v) is 2.31. The molecule has 1 heterocycles. The molecule has 1 aromatic heterocycles. The van der Waals surface area contributed by atoms with Gasteiger partial charge in [-0.25, -0.2) is 4.98 Å². The highest BCUT2D eigenvalue weighted by molar-refractivity contribution is 5.66. The molecule has 0 amide bonds. The van der Waals surface area contributed by atoms with E-state index in [9.17, 15) is 20.2 Å². The second-order valence-electron chi connectivity index (χ2n) is 2.31. The van der Waals surface area contributed by atoms with Gasteiger partial charge in [0, 0.05) is 0 Å². The van der Waals surface area contributed by atoms with Crippen molar-refractivity contribution >= 4 is 23.0 Å². The summed E-state index contributed by atoms with van der Waals surface area (Å²) in [5.74, 6) is -0.892. The fraction of sp³-hybridized carbons (Fsp3) is 0. The Kier molecular flexibility index (Phi) is 3.46. The van der Waals surface area contributed by atoms with Crippen LogP contribution in [0.5, 0.6) is 0 Å². The van der Waals surface area contributed by atoms with E-state index in [1.54, 1.807) is 0 Å². The van der Waals surface area contributed by atoms with Crippen molar-refractivity contribution in [1.82, 2.24) is 4.98 Å². The molecule has 10 nitrogen and oxygen atoms in total. The van der Waals surface area contributed by atoms with E-state index in [4.69, 9.17) is 11.5 Å². The van der Waals surface area contributed by atoms with Crippen LogP contribution >= 0.6 is 0 Å². The maximum atomic E-state index is 10.3. The predicted octanol–water partition coefficient (Wildman–Crippen LogP) is -0.762. The van der Waals surface area contributed by atoms with Gasteiger partial charge in [0.05, 0.1) is 9.85 Å². The van der Waals surface area contributed by atoms with Gasteiger partial charge in [-0.2, -0.15) is 0 Å². The molecule has 6 N–H and O–H groups in total. The SMILES string of the molecule is Nc1nc(N)c([N+](=O)[O-])cc1[N+](=O)[O-].O. The molecule has 0 unspecified atom stereocenters. The molecule has 0 bridgehead atoms. The summed E-state index contributed by atoms with van der Waals surface area (Å²) in [6, 6.07) is 0.678. The molecule has 0 spiro atoms.